The molecule has 1 atom stereocenters. The van der Waals surface area contributed by atoms with Crippen LogP contribution in [0.15, 0.2) is 0 Å². The molecule has 0 saturated carbocycles. The molecule has 0 aromatic rings. The van der Waals surface area contributed by atoms with E-state index >= 15 is 0 Å². The number of unbranched alkanes of at least 4 members (excludes halogenated alkanes) is 1. The highest BCUT2D eigenvalue weighted by Crippen LogP contribution is 2.14. The van der Waals surface area contributed by atoms with Crippen LogP contribution in [0.3, 0.4) is 0 Å². The summed E-state index contributed by atoms with van der Waals surface area (Å²) in [7, 11) is 0. The van der Waals surface area contributed by atoms with Gasteiger partial charge in [-0.25, -0.2) is 0 Å². The summed E-state index contributed by atoms with van der Waals surface area (Å²) in [5, 5.41) is 12.4. The molecule has 0 saturated heterocycles. The molecule has 0 radical (unpaired) electrons. The lowest BCUT2D eigenvalue weighted by molar-refractivity contribution is -0.144. The largest absolute Gasteiger partial charge is 0.480 e. The highest BCUT2D eigenvalue weighted by Gasteiger charge is 2.31. The molecule has 5 nitrogen and oxygen atoms in total. The third-order valence-electron chi connectivity index (χ3n) is 3.28. The Labute approximate surface area is 129 Å². The Bertz CT molecular complexity index is 271. The van der Waals surface area contributed by atoms with Gasteiger partial charge in [0.2, 0.25) is 0 Å². The number of carbonyl (C=O) groups is 1. The average Bonchev–Trinajstić information content (AvgIpc) is 2.42. The Kier molecular flexibility index (Phi) is 11.6. The van der Waals surface area contributed by atoms with E-state index in [-0.39, 0.29) is 0 Å². The summed E-state index contributed by atoms with van der Waals surface area (Å²) in [6.07, 6.45) is 3.27. The van der Waals surface area contributed by atoms with Crippen molar-refractivity contribution in [3.63, 3.8) is 0 Å². The lowest BCUT2D eigenvalue weighted by atomic mass is 9.95. The van der Waals surface area contributed by atoms with Crippen molar-refractivity contribution in [2.24, 2.45) is 5.92 Å². The molecule has 0 bridgehead atoms. The first-order chi connectivity index (χ1) is 9.92. The second-order valence-corrected chi connectivity index (χ2v) is 6.10. The third kappa shape index (κ3) is 10.7. The Morgan fingerprint density at radius 3 is 2.43 bits per heavy atom. The van der Waals surface area contributed by atoms with Crippen molar-refractivity contribution >= 4 is 5.97 Å². The van der Waals surface area contributed by atoms with Crippen LogP contribution in [0.4, 0.5) is 0 Å². The van der Waals surface area contributed by atoms with Gasteiger partial charge in [-0.3, -0.25) is 4.79 Å². The molecule has 1 unspecified atom stereocenters. The maximum absolute atomic E-state index is 11.3. The van der Waals surface area contributed by atoms with E-state index in [2.05, 4.69) is 19.2 Å². The molecule has 0 amide bonds. The van der Waals surface area contributed by atoms with Crippen LogP contribution < -0.4 is 5.32 Å². The van der Waals surface area contributed by atoms with Gasteiger partial charge in [0.1, 0.15) is 5.54 Å². The Balaban J connectivity index is 3.61. The molecule has 0 heterocycles. The van der Waals surface area contributed by atoms with E-state index in [0.717, 1.165) is 32.4 Å². The first-order valence-corrected chi connectivity index (χ1v) is 8.06. The van der Waals surface area contributed by atoms with Crippen molar-refractivity contribution in [1.29, 1.82) is 0 Å². The van der Waals surface area contributed by atoms with E-state index < -0.39 is 11.5 Å². The monoisotopic (exact) mass is 303 g/mol. The lowest BCUT2D eigenvalue weighted by Crippen LogP contribution is -2.49. The molecule has 0 aromatic carbocycles. The molecule has 21 heavy (non-hydrogen) atoms. The minimum Gasteiger partial charge on any atom is -0.480 e. The van der Waals surface area contributed by atoms with Gasteiger partial charge in [-0.05, 0) is 45.1 Å². The minimum absolute atomic E-state index is 0.550. The molecular formula is C16H33NO4. The summed E-state index contributed by atoms with van der Waals surface area (Å²) in [5.74, 6) is -0.228. The van der Waals surface area contributed by atoms with Gasteiger partial charge in [0, 0.05) is 13.2 Å². The second kappa shape index (κ2) is 12.0. The van der Waals surface area contributed by atoms with E-state index in [1.807, 2.05) is 6.92 Å². The van der Waals surface area contributed by atoms with Gasteiger partial charge in [0.05, 0.1) is 13.2 Å². The standard InChI is InChI=1S/C16H33NO4/c1-5-9-17-16(4,15(18)19)8-6-7-10-20-11-12-21-13-14(2)3/h14,17H,5-13H2,1-4H3,(H,18,19). The van der Waals surface area contributed by atoms with E-state index in [4.69, 9.17) is 9.47 Å². The van der Waals surface area contributed by atoms with Crippen LogP contribution >= 0.6 is 0 Å². The van der Waals surface area contributed by atoms with Crippen molar-refractivity contribution in [2.45, 2.75) is 58.9 Å². The molecule has 0 aliphatic heterocycles. The lowest BCUT2D eigenvalue weighted by Gasteiger charge is -2.26. The molecule has 2 N–H and O–H groups in total. The van der Waals surface area contributed by atoms with Gasteiger partial charge in [-0.2, -0.15) is 0 Å². The predicted octanol–water partition coefficient (Wildman–Crippen LogP) is 2.69. The predicted molar refractivity (Wildman–Crippen MR) is 84.7 cm³/mol. The zero-order chi connectivity index (χ0) is 16.1. The number of hydrogen-bond donors (Lipinski definition) is 2. The highest BCUT2D eigenvalue weighted by molar-refractivity contribution is 5.78. The van der Waals surface area contributed by atoms with Gasteiger partial charge in [-0.15, -0.1) is 0 Å². The van der Waals surface area contributed by atoms with E-state index in [9.17, 15) is 9.90 Å². The fourth-order valence-electron chi connectivity index (χ4n) is 1.89. The topological polar surface area (TPSA) is 67.8 Å². The number of hydrogen-bond acceptors (Lipinski definition) is 4. The molecule has 5 heteroatoms. The summed E-state index contributed by atoms with van der Waals surface area (Å²) in [6, 6.07) is 0. The number of aliphatic carboxylic acids is 1. The molecule has 0 aliphatic rings. The number of carboxylic acids is 1. The number of ether oxygens (including phenoxy) is 2. The number of nitrogens with one attached hydrogen (secondary N) is 1. The molecule has 0 fully saturated rings. The molecule has 0 rings (SSSR count). The average molecular weight is 303 g/mol. The van der Waals surface area contributed by atoms with Crippen LogP contribution in [0.25, 0.3) is 0 Å². The molecule has 126 valence electrons. The van der Waals surface area contributed by atoms with Gasteiger partial charge in [0.15, 0.2) is 0 Å². The molecule has 0 aromatic heterocycles. The summed E-state index contributed by atoms with van der Waals surface area (Å²) in [5.41, 5.74) is -0.823. The van der Waals surface area contributed by atoms with Crippen LogP contribution in [-0.4, -0.2) is 49.6 Å². The molecular weight excluding hydrogens is 270 g/mol. The van der Waals surface area contributed by atoms with Gasteiger partial charge in [0.25, 0.3) is 0 Å². The van der Waals surface area contributed by atoms with Crippen LogP contribution in [0.5, 0.6) is 0 Å². The summed E-state index contributed by atoms with van der Waals surface area (Å²) in [4.78, 5) is 11.3. The number of rotatable bonds is 14. The van der Waals surface area contributed by atoms with E-state index in [1.165, 1.54) is 0 Å². The summed E-state index contributed by atoms with van der Waals surface area (Å²) in [6.45, 7) is 11.4. The highest BCUT2D eigenvalue weighted by atomic mass is 16.5. The Morgan fingerprint density at radius 2 is 1.86 bits per heavy atom. The van der Waals surface area contributed by atoms with E-state index in [1.54, 1.807) is 6.92 Å². The van der Waals surface area contributed by atoms with Crippen LogP contribution in [0.2, 0.25) is 0 Å². The van der Waals surface area contributed by atoms with Crippen molar-refractivity contribution in [1.82, 2.24) is 5.32 Å². The van der Waals surface area contributed by atoms with Gasteiger partial charge < -0.3 is 19.9 Å². The van der Waals surface area contributed by atoms with Crippen molar-refractivity contribution in [3.8, 4) is 0 Å². The summed E-state index contributed by atoms with van der Waals surface area (Å²) < 4.78 is 10.9. The fourth-order valence-corrected chi connectivity index (χ4v) is 1.89. The Morgan fingerprint density at radius 1 is 1.19 bits per heavy atom. The van der Waals surface area contributed by atoms with Crippen LogP contribution in [0.1, 0.15) is 53.4 Å². The first kappa shape index (κ1) is 20.3. The fraction of sp³-hybridized carbons (Fsp3) is 0.938. The van der Waals surface area contributed by atoms with Gasteiger partial charge >= 0.3 is 5.97 Å². The number of carboxylic acid groups (broad SMARTS) is 1. The van der Waals surface area contributed by atoms with Crippen molar-refractivity contribution < 1.29 is 19.4 Å². The van der Waals surface area contributed by atoms with Crippen molar-refractivity contribution in [3.05, 3.63) is 0 Å². The quantitative estimate of drug-likeness (QED) is 0.483. The molecule has 0 aliphatic carbocycles. The van der Waals surface area contributed by atoms with Crippen LogP contribution in [0, 0.1) is 5.92 Å². The second-order valence-electron chi connectivity index (χ2n) is 6.10. The molecule has 0 spiro atoms. The minimum atomic E-state index is -0.823. The third-order valence-corrected chi connectivity index (χ3v) is 3.28. The normalized spacial score (nSPS) is 14.3. The van der Waals surface area contributed by atoms with Gasteiger partial charge in [-0.1, -0.05) is 20.8 Å². The zero-order valence-electron chi connectivity index (χ0n) is 14.1. The summed E-state index contributed by atoms with van der Waals surface area (Å²) >= 11 is 0. The SMILES string of the molecule is CCCNC(C)(CCCCOCCOCC(C)C)C(=O)O. The smallest absolute Gasteiger partial charge is 0.323 e. The van der Waals surface area contributed by atoms with Crippen molar-refractivity contribution in [2.75, 3.05) is 33.0 Å². The zero-order valence-corrected chi connectivity index (χ0v) is 14.1. The maximum atomic E-state index is 11.3. The maximum Gasteiger partial charge on any atom is 0.323 e. The van der Waals surface area contributed by atoms with Crippen LogP contribution in [-0.2, 0) is 14.3 Å². The first-order valence-electron chi connectivity index (χ1n) is 8.06. The van der Waals surface area contributed by atoms with E-state index in [0.29, 0.717) is 32.2 Å². The Hall–Kier alpha value is -0.650.